The molecule has 5 rings (SSSR count). The first kappa shape index (κ1) is 25.3. The number of pyridine rings is 1. The summed E-state index contributed by atoms with van der Waals surface area (Å²) in [7, 11) is 0. The number of morpholine rings is 1. The number of nitrogens with zero attached hydrogens (tertiary/aromatic N) is 4. The van der Waals surface area contributed by atoms with Crippen LogP contribution in [0.5, 0.6) is 5.75 Å². The second kappa shape index (κ2) is 9.67. The van der Waals surface area contributed by atoms with E-state index in [2.05, 4.69) is 44.3 Å². The number of aromatic nitrogens is 3. The van der Waals surface area contributed by atoms with Gasteiger partial charge >= 0.3 is 0 Å². The van der Waals surface area contributed by atoms with E-state index in [0.717, 1.165) is 30.7 Å². The molecule has 2 aliphatic heterocycles. The fourth-order valence-corrected chi connectivity index (χ4v) is 4.21. The number of amides is 1. The van der Waals surface area contributed by atoms with E-state index in [9.17, 15) is 9.18 Å². The van der Waals surface area contributed by atoms with Crippen molar-refractivity contribution >= 4 is 29.0 Å². The summed E-state index contributed by atoms with van der Waals surface area (Å²) in [4.78, 5) is 27.2. The lowest BCUT2D eigenvalue weighted by atomic mass is 10.1. The highest BCUT2D eigenvalue weighted by Crippen LogP contribution is 2.34. The molecule has 0 aliphatic carbocycles. The highest BCUT2D eigenvalue weighted by atomic mass is 19.1. The molecule has 0 saturated carbocycles. The molecule has 190 valence electrons. The number of ether oxygens (including phenoxy) is 2. The van der Waals surface area contributed by atoms with Crippen LogP contribution in [0.15, 0.2) is 42.6 Å². The highest BCUT2D eigenvalue weighted by molar-refractivity contribution is 5.99. The Kier molecular flexibility index (Phi) is 6.79. The van der Waals surface area contributed by atoms with Gasteiger partial charge in [-0.2, -0.15) is 0 Å². The minimum absolute atomic E-state index is 0. The summed E-state index contributed by atoms with van der Waals surface area (Å²) in [5.41, 5.74) is 1.12. The van der Waals surface area contributed by atoms with Crippen molar-refractivity contribution in [3.05, 3.63) is 48.4 Å². The second-order valence-corrected chi connectivity index (χ2v) is 9.33. The van der Waals surface area contributed by atoms with Crippen LogP contribution >= 0.6 is 0 Å². The van der Waals surface area contributed by atoms with Gasteiger partial charge in [-0.05, 0) is 64.1 Å². The van der Waals surface area contributed by atoms with Gasteiger partial charge in [-0.3, -0.25) is 4.79 Å². The lowest BCUT2D eigenvalue weighted by Gasteiger charge is -2.36. The lowest BCUT2D eigenvalue weighted by molar-refractivity contribution is -0.129. The van der Waals surface area contributed by atoms with Crippen LogP contribution < -0.4 is 26.4 Å². The molecule has 0 radical (unpaired) electrons. The summed E-state index contributed by atoms with van der Waals surface area (Å²) in [6, 6.07) is 11.1. The second-order valence-electron chi connectivity index (χ2n) is 9.33. The summed E-state index contributed by atoms with van der Waals surface area (Å²) >= 11 is 0. The topological polar surface area (TPSA) is 136 Å². The molecule has 11 heteroatoms. The van der Waals surface area contributed by atoms with E-state index in [1.165, 1.54) is 0 Å². The molecule has 0 bridgehead atoms. The Morgan fingerprint density at radius 3 is 2.47 bits per heavy atom. The van der Waals surface area contributed by atoms with Crippen LogP contribution in [0.3, 0.4) is 0 Å². The van der Waals surface area contributed by atoms with Gasteiger partial charge in [0.05, 0.1) is 24.1 Å². The van der Waals surface area contributed by atoms with E-state index < -0.39 is 11.4 Å². The van der Waals surface area contributed by atoms with Crippen molar-refractivity contribution < 1.29 is 18.7 Å². The van der Waals surface area contributed by atoms with E-state index in [4.69, 9.17) is 9.47 Å². The van der Waals surface area contributed by atoms with Crippen molar-refractivity contribution in [2.75, 3.05) is 28.6 Å². The zero-order valence-corrected chi connectivity index (χ0v) is 20.7. The minimum atomic E-state index is -1.01. The lowest BCUT2D eigenvalue weighted by Crippen LogP contribution is -2.46. The number of anilines is 4. The van der Waals surface area contributed by atoms with E-state index >= 15 is 0 Å². The third-order valence-corrected chi connectivity index (χ3v) is 5.90. The van der Waals surface area contributed by atoms with E-state index in [-0.39, 0.29) is 47.4 Å². The number of nitrogens with one attached hydrogen (secondary N) is 2. The van der Waals surface area contributed by atoms with Gasteiger partial charge in [-0.25, -0.2) is 19.3 Å². The van der Waals surface area contributed by atoms with Crippen LogP contribution in [0.25, 0.3) is 11.4 Å². The van der Waals surface area contributed by atoms with Gasteiger partial charge in [-0.1, -0.05) is 0 Å². The molecule has 3 aromatic rings. The van der Waals surface area contributed by atoms with Gasteiger partial charge in [0.15, 0.2) is 23.0 Å². The molecule has 4 heterocycles. The summed E-state index contributed by atoms with van der Waals surface area (Å²) in [5, 5.41) is 5.82. The van der Waals surface area contributed by atoms with Crippen molar-refractivity contribution in [3.63, 3.8) is 0 Å². The number of carbonyl (C=O) groups excluding carboxylic acids is 1. The molecule has 2 aliphatic rings. The quantitative estimate of drug-likeness (QED) is 0.484. The SMILES string of the molecule is CC1CN(c2ccc(Nc3ncc(F)c(-c4ccc5c(n4)NC(=O)C(C)(C)O5)n3)cc2)CC(C)O1.N. The predicted molar refractivity (Wildman–Crippen MR) is 136 cm³/mol. The fourth-order valence-electron chi connectivity index (χ4n) is 4.21. The average molecular weight is 496 g/mol. The molecule has 1 aromatic carbocycles. The smallest absolute Gasteiger partial charge is 0.269 e. The van der Waals surface area contributed by atoms with Gasteiger partial charge in [0.2, 0.25) is 5.95 Å². The zero-order valence-electron chi connectivity index (χ0n) is 20.7. The molecule has 5 N–H and O–H groups in total. The number of hydrogen-bond donors (Lipinski definition) is 3. The van der Waals surface area contributed by atoms with Crippen LogP contribution in [0.1, 0.15) is 27.7 Å². The molecule has 2 unspecified atom stereocenters. The van der Waals surface area contributed by atoms with Gasteiger partial charge in [-0.15, -0.1) is 0 Å². The Hall–Kier alpha value is -3.83. The van der Waals surface area contributed by atoms with Crippen LogP contribution in [-0.4, -0.2) is 51.8 Å². The summed E-state index contributed by atoms with van der Waals surface area (Å²) in [6.45, 7) is 9.13. The van der Waals surface area contributed by atoms with Gasteiger partial charge in [0, 0.05) is 24.5 Å². The fraction of sp³-hybridized carbons (Fsp3) is 0.360. The molecule has 2 atom stereocenters. The van der Waals surface area contributed by atoms with Crippen LogP contribution in [-0.2, 0) is 9.53 Å². The molecular weight excluding hydrogens is 465 g/mol. The Balaban J connectivity index is 0.00000304. The molecule has 1 saturated heterocycles. The molecule has 1 amide bonds. The third-order valence-electron chi connectivity index (χ3n) is 5.90. The highest BCUT2D eigenvalue weighted by Gasteiger charge is 2.36. The standard InChI is InChI=1S/C25H27FN6O3.H3N/c1-14-12-32(13-15(2)34-14)17-7-5-16(6-8-17)28-24-27-11-18(26)21(30-24)19-9-10-20-22(29-19)31-23(33)25(3,4)35-20;/h5-11,14-15H,12-13H2,1-4H3,(H,27,28,30)(H,29,31,33);1H3. The van der Waals surface area contributed by atoms with Crippen LogP contribution in [0.4, 0.5) is 27.5 Å². The van der Waals surface area contributed by atoms with Crippen molar-refractivity contribution in [1.82, 2.24) is 21.1 Å². The predicted octanol–water partition coefficient (Wildman–Crippen LogP) is 4.31. The zero-order chi connectivity index (χ0) is 24.7. The molecule has 36 heavy (non-hydrogen) atoms. The maximum Gasteiger partial charge on any atom is 0.269 e. The monoisotopic (exact) mass is 495 g/mol. The molecule has 1 fully saturated rings. The largest absolute Gasteiger partial charge is 0.474 e. The van der Waals surface area contributed by atoms with Crippen molar-refractivity contribution in [3.8, 4) is 17.1 Å². The number of fused-ring (bicyclic) bond motifs is 1. The van der Waals surface area contributed by atoms with E-state index in [1.807, 2.05) is 24.3 Å². The Labute approximate surface area is 208 Å². The van der Waals surface area contributed by atoms with Gasteiger partial charge in [0.25, 0.3) is 5.91 Å². The van der Waals surface area contributed by atoms with Crippen molar-refractivity contribution in [2.24, 2.45) is 0 Å². The first-order chi connectivity index (χ1) is 16.7. The van der Waals surface area contributed by atoms with Crippen LogP contribution in [0, 0.1) is 5.82 Å². The van der Waals surface area contributed by atoms with Crippen molar-refractivity contribution in [2.45, 2.75) is 45.5 Å². The molecular formula is C25H30FN7O3. The first-order valence-electron chi connectivity index (χ1n) is 11.5. The molecule has 0 spiro atoms. The summed E-state index contributed by atoms with van der Waals surface area (Å²) in [6.07, 6.45) is 1.44. The third kappa shape index (κ3) is 5.07. The van der Waals surface area contributed by atoms with Crippen molar-refractivity contribution in [1.29, 1.82) is 0 Å². The van der Waals surface area contributed by atoms with Crippen LogP contribution in [0.2, 0.25) is 0 Å². The number of rotatable bonds is 4. The molecule has 10 nitrogen and oxygen atoms in total. The normalized spacial score (nSPS) is 20.5. The number of benzene rings is 1. The molecule has 2 aromatic heterocycles. The Bertz CT molecular complexity index is 1260. The number of halogens is 1. The minimum Gasteiger partial charge on any atom is -0.474 e. The Morgan fingerprint density at radius 1 is 1.08 bits per heavy atom. The summed E-state index contributed by atoms with van der Waals surface area (Å²) < 4.78 is 26.1. The number of carbonyl (C=O) groups is 1. The number of hydrogen-bond acceptors (Lipinski definition) is 9. The summed E-state index contributed by atoms with van der Waals surface area (Å²) in [5.74, 6) is -0.0948. The Morgan fingerprint density at radius 2 is 1.78 bits per heavy atom. The van der Waals surface area contributed by atoms with E-state index in [1.54, 1.807) is 26.0 Å². The van der Waals surface area contributed by atoms with E-state index in [0.29, 0.717) is 5.75 Å². The maximum absolute atomic E-state index is 14.6. The average Bonchev–Trinajstić information content (AvgIpc) is 2.80. The first-order valence-corrected chi connectivity index (χ1v) is 11.5. The maximum atomic E-state index is 14.6. The van der Waals surface area contributed by atoms with Gasteiger partial charge < -0.3 is 31.2 Å². The van der Waals surface area contributed by atoms with Gasteiger partial charge in [0.1, 0.15) is 5.69 Å².